The van der Waals surface area contributed by atoms with Crippen molar-refractivity contribution in [2.24, 2.45) is 11.8 Å². The fourth-order valence-corrected chi connectivity index (χ4v) is 3.55. The molecule has 0 spiro atoms. The molecule has 1 nitrogen and oxygen atoms in total. The molecule has 2 rings (SSSR count). The molecule has 12 heavy (non-hydrogen) atoms. The lowest BCUT2D eigenvalue weighted by atomic mass is 9.86. The smallest absolute Gasteiger partial charge is 0.0497 e. The van der Waals surface area contributed by atoms with Gasteiger partial charge in [0.05, 0.1) is 0 Å². The molecule has 2 saturated heterocycles. The lowest BCUT2D eigenvalue weighted by Crippen LogP contribution is -2.28. The summed E-state index contributed by atoms with van der Waals surface area (Å²) in [5.74, 6) is 4.66. The van der Waals surface area contributed by atoms with Gasteiger partial charge in [0.1, 0.15) is 0 Å². The highest BCUT2D eigenvalue weighted by Crippen LogP contribution is 2.32. The van der Waals surface area contributed by atoms with Crippen LogP contribution in [0, 0.1) is 11.8 Å². The zero-order valence-corrected chi connectivity index (χ0v) is 8.44. The van der Waals surface area contributed by atoms with Crippen LogP contribution < -0.4 is 0 Å². The second-order valence-electron chi connectivity index (χ2n) is 3.95. The Morgan fingerprint density at radius 3 is 2.67 bits per heavy atom. The van der Waals surface area contributed by atoms with Gasteiger partial charge in [-0.2, -0.15) is 11.8 Å². The van der Waals surface area contributed by atoms with Crippen LogP contribution in [0.25, 0.3) is 0 Å². The predicted octanol–water partition coefficient (Wildman–Crippen LogP) is 2.56. The summed E-state index contributed by atoms with van der Waals surface area (Å²) in [4.78, 5) is 0. The van der Waals surface area contributed by atoms with Gasteiger partial charge in [0, 0.05) is 13.2 Å². The minimum absolute atomic E-state index is 0.895. The number of rotatable bonds is 1. The van der Waals surface area contributed by atoms with Crippen molar-refractivity contribution in [2.45, 2.75) is 25.7 Å². The van der Waals surface area contributed by atoms with Gasteiger partial charge in [0.25, 0.3) is 0 Å². The van der Waals surface area contributed by atoms with E-state index in [1.54, 1.807) is 0 Å². The zero-order valence-electron chi connectivity index (χ0n) is 7.63. The molecule has 2 unspecified atom stereocenters. The minimum Gasteiger partial charge on any atom is -0.381 e. The summed E-state index contributed by atoms with van der Waals surface area (Å²) in [6.07, 6.45) is 5.62. The molecule has 0 aromatic rings. The summed E-state index contributed by atoms with van der Waals surface area (Å²) in [7, 11) is 0. The first kappa shape index (κ1) is 8.89. The Balaban J connectivity index is 1.80. The monoisotopic (exact) mass is 186 g/mol. The molecule has 70 valence electrons. The van der Waals surface area contributed by atoms with Gasteiger partial charge >= 0.3 is 0 Å². The Labute approximate surface area is 79.2 Å². The van der Waals surface area contributed by atoms with Crippen molar-refractivity contribution in [1.29, 1.82) is 0 Å². The van der Waals surface area contributed by atoms with Crippen LogP contribution in [0.15, 0.2) is 0 Å². The highest BCUT2D eigenvalue weighted by molar-refractivity contribution is 7.99. The number of thioether (sulfide) groups is 1. The zero-order chi connectivity index (χ0) is 8.23. The van der Waals surface area contributed by atoms with Crippen molar-refractivity contribution < 1.29 is 4.74 Å². The van der Waals surface area contributed by atoms with E-state index in [1.165, 1.54) is 37.2 Å². The Morgan fingerprint density at radius 2 is 2.00 bits per heavy atom. The van der Waals surface area contributed by atoms with E-state index in [0.29, 0.717) is 0 Å². The largest absolute Gasteiger partial charge is 0.381 e. The first-order valence-corrected chi connectivity index (χ1v) is 6.28. The van der Waals surface area contributed by atoms with E-state index in [2.05, 4.69) is 11.8 Å². The fraction of sp³-hybridized carbons (Fsp3) is 1.00. The van der Waals surface area contributed by atoms with Gasteiger partial charge in [0.2, 0.25) is 0 Å². The van der Waals surface area contributed by atoms with Gasteiger partial charge in [-0.25, -0.2) is 0 Å². The molecule has 0 aromatic heterocycles. The van der Waals surface area contributed by atoms with Crippen LogP contribution in [0.2, 0.25) is 0 Å². The van der Waals surface area contributed by atoms with Crippen molar-refractivity contribution in [3.05, 3.63) is 0 Å². The van der Waals surface area contributed by atoms with Crippen molar-refractivity contribution in [3.63, 3.8) is 0 Å². The molecule has 0 radical (unpaired) electrons. The van der Waals surface area contributed by atoms with E-state index in [1.807, 2.05) is 0 Å². The van der Waals surface area contributed by atoms with E-state index in [9.17, 15) is 0 Å². The van der Waals surface area contributed by atoms with E-state index < -0.39 is 0 Å². The van der Waals surface area contributed by atoms with Gasteiger partial charge in [-0.3, -0.25) is 0 Å². The molecule has 2 fully saturated rings. The van der Waals surface area contributed by atoms with Gasteiger partial charge in [-0.15, -0.1) is 0 Å². The Kier molecular flexibility index (Phi) is 3.35. The van der Waals surface area contributed by atoms with Crippen LogP contribution in [0.5, 0.6) is 0 Å². The van der Waals surface area contributed by atoms with Gasteiger partial charge < -0.3 is 4.74 Å². The van der Waals surface area contributed by atoms with Crippen molar-refractivity contribution in [3.8, 4) is 0 Å². The molecule has 2 aliphatic heterocycles. The summed E-state index contributed by atoms with van der Waals surface area (Å²) in [6, 6.07) is 0. The summed E-state index contributed by atoms with van der Waals surface area (Å²) in [5, 5.41) is 0. The Bertz CT molecular complexity index is 110. The van der Waals surface area contributed by atoms with Gasteiger partial charge in [-0.1, -0.05) is 0 Å². The second kappa shape index (κ2) is 4.52. The molecule has 2 atom stereocenters. The van der Waals surface area contributed by atoms with Crippen molar-refractivity contribution >= 4 is 11.8 Å². The molecule has 0 saturated carbocycles. The van der Waals surface area contributed by atoms with Crippen LogP contribution in [0.3, 0.4) is 0 Å². The van der Waals surface area contributed by atoms with E-state index in [4.69, 9.17) is 4.74 Å². The first-order chi connectivity index (χ1) is 5.97. The maximum atomic E-state index is 5.53. The standard InChI is InChI=1S/C10H18OS/c1-3-9(7-11-5-1)10-4-2-6-12-8-10/h9-10H,1-8H2. The maximum absolute atomic E-state index is 5.53. The highest BCUT2D eigenvalue weighted by atomic mass is 32.2. The highest BCUT2D eigenvalue weighted by Gasteiger charge is 2.25. The average molecular weight is 186 g/mol. The van der Waals surface area contributed by atoms with E-state index >= 15 is 0 Å². The van der Waals surface area contributed by atoms with Crippen LogP contribution in [0.4, 0.5) is 0 Å². The summed E-state index contributed by atoms with van der Waals surface area (Å²) >= 11 is 2.14. The predicted molar refractivity (Wildman–Crippen MR) is 53.6 cm³/mol. The van der Waals surface area contributed by atoms with Gasteiger partial charge in [-0.05, 0) is 49.0 Å². The lowest BCUT2D eigenvalue weighted by Gasteiger charge is -2.32. The maximum Gasteiger partial charge on any atom is 0.0497 e. The number of hydrogen-bond acceptors (Lipinski definition) is 2. The quantitative estimate of drug-likeness (QED) is 0.622. The SMILES string of the molecule is C1COCC(C2CCCSC2)C1. The lowest BCUT2D eigenvalue weighted by molar-refractivity contribution is 0.0327. The third-order valence-corrected chi connectivity index (χ3v) is 4.30. The number of hydrogen-bond donors (Lipinski definition) is 0. The summed E-state index contributed by atoms with van der Waals surface area (Å²) in [5.41, 5.74) is 0. The normalized spacial score (nSPS) is 38.0. The fourth-order valence-electron chi connectivity index (χ4n) is 2.27. The molecule has 0 N–H and O–H groups in total. The van der Waals surface area contributed by atoms with Crippen molar-refractivity contribution in [2.75, 3.05) is 24.7 Å². The average Bonchev–Trinajstić information content (AvgIpc) is 2.21. The van der Waals surface area contributed by atoms with Crippen LogP contribution in [-0.4, -0.2) is 24.7 Å². The summed E-state index contributed by atoms with van der Waals surface area (Å²) in [6.45, 7) is 2.06. The summed E-state index contributed by atoms with van der Waals surface area (Å²) < 4.78 is 5.53. The van der Waals surface area contributed by atoms with E-state index in [0.717, 1.165) is 25.0 Å². The van der Waals surface area contributed by atoms with Gasteiger partial charge in [0.15, 0.2) is 0 Å². The molecule has 0 aliphatic carbocycles. The molecule has 0 aromatic carbocycles. The third-order valence-electron chi connectivity index (χ3n) is 3.06. The molecule has 2 aliphatic rings. The number of ether oxygens (including phenoxy) is 1. The van der Waals surface area contributed by atoms with Crippen molar-refractivity contribution in [1.82, 2.24) is 0 Å². The first-order valence-electron chi connectivity index (χ1n) is 5.12. The van der Waals surface area contributed by atoms with E-state index in [-0.39, 0.29) is 0 Å². The molecular formula is C10H18OS. The topological polar surface area (TPSA) is 9.23 Å². The molecule has 0 amide bonds. The minimum atomic E-state index is 0.895. The molecular weight excluding hydrogens is 168 g/mol. The third kappa shape index (κ3) is 2.17. The van der Waals surface area contributed by atoms with Crippen LogP contribution in [-0.2, 0) is 4.74 Å². The van der Waals surface area contributed by atoms with Crippen LogP contribution in [0.1, 0.15) is 25.7 Å². The molecule has 0 bridgehead atoms. The second-order valence-corrected chi connectivity index (χ2v) is 5.10. The molecule has 2 heterocycles. The Hall–Kier alpha value is 0.310. The Morgan fingerprint density at radius 1 is 1.08 bits per heavy atom. The molecule has 2 heteroatoms. The van der Waals surface area contributed by atoms with Crippen LogP contribution >= 0.6 is 11.8 Å².